The maximum absolute atomic E-state index is 13.5. The van der Waals surface area contributed by atoms with Gasteiger partial charge in [-0.3, -0.25) is 4.79 Å². The van der Waals surface area contributed by atoms with Crippen molar-refractivity contribution in [2.75, 3.05) is 13.2 Å². The number of benzene rings is 7. The molecule has 7 aromatic carbocycles. The topological polar surface area (TPSA) is 197 Å². The molecule has 7 aromatic rings. The number of nitrogens with one attached hydrogen (secondary N) is 1. The second kappa shape index (κ2) is 34.6. The molecular formula is C79H93NO18. The van der Waals surface area contributed by atoms with Crippen LogP contribution in [0.15, 0.2) is 212 Å². The van der Waals surface area contributed by atoms with Gasteiger partial charge in [0.25, 0.3) is 0 Å². The summed E-state index contributed by atoms with van der Waals surface area (Å²) >= 11 is 0. The molecule has 522 valence electrons. The molecule has 20 atom stereocenters. The summed E-state index contributed by atoms with van der Waals surface area (Å²) in [5.74, 6) is -1.55. The second-order valence-electron chi connectivity index (χ2n) is 26.2. The fraction of sp³-hybridized carbons (Fsp3) is 0.456. The van der Waals surface area contributed by atoms with Crippen LogP contribution in [0.3, 0.4) is 0 Å². The Balaban J connectivity index is 0.984. The molecule has 19 heteroatoms. The maximum atomic E-state index is 13.5. The molecule has 8 unspecified atom stereocenters. The number of carbonyl (C=O) groups excluding carboxylic acids is 1. The molecule has 0 radical (unpaired) electrons. The van der Waals surface area contributed by atoms with Crippen molar-refractivity contribution < 1.29 is 85.7 Å². The Morgan fingerprint density at radius 3 is 1.23 bits per heavy atom. The average molecular weight is 1340 g/mol. The Labute approximate surface area is 575 Å². The van der Waals surface area contributed by atoms with Gasteiger partial charge in [0, 0.05) is 6.92 Å². The Morgan fingerprint density at radius 2 is 0.776 bits per heavy atom. The van der Waals surface area contributed by atoms with Gasteiger partial charge in [0.15, 0.2) is 24.7 Å². The summed E-state index contributed by atoms with van der Waals surface area (Å²) in [6.45, 7) is 12.0. The summed E-state index contributed by atoms with van der Waals surface area (Å²) in [4.78, 5) is 13.5. The highest BCUT2D eigenvalue weighted by Gasteiger charge is 2.59. The second-order valence-corrected chi connectivity index (χ2v) is 26.2. The molecule has 2 N–H and O–H groups in total. The third kappa shape index (κ3) is 18.8. The van der Waals surface area contributed by atoms with Crippen LogP contribution in [0, 0.1) is 0 Å². The van der Waals surface area contributed by atoms with E-state index in [2.05, 4.69) is 5.32 Å². The van der Waals surface area contributed by atoms with Crippen molar-refractivity contribution in [1.29, 1.82) is 0 Å². The van der Waals surface area contributed by atoms with Crippen molar-refractivity contribution in [3.8, 4) is 0 Å². The zero-order valence-corrected chi connectivity index (χ0v) is 56.5. The molecule has 0 aromatic heterocycles. The van der Waals surface area contributed by atoms with Gasteiger partial charge in [0.1, 0.15) is 85.4 Å². The normalized spacial score (nSPS) is 31.6. The first-order valence-electron chi connectivity index (χ1n) is 34.2. The summed E-state index contributed by atoms with van der Waals surface area (Å²) in [5, 5.41) is 15.5. The van der Waals surface area contributed by atoms with E-state index in [1.54, 1.807) is 13.8 Å². The third-order valence-corrected chi connectivity index (χ3v) is 18.4. The van der Waals surface area contributed by atoms with Crippen molar-refractivity contribution in [1.82, 2.24) is 5.32 Å². The van der Waals surface area contributed by atoms with Gasteiger partial charge in [-0.15, -0.1) is 0 Å². The number of aliphatic hydroxyl groups excluding tert-OH is 1. The molecule has 5 aliphatic rings. The highest BCUT2D eigenvalue weighted by Crippen LogP contribution is 2.41. The molecule has 5 heterocycles. The van der Waals surface area contributed by atoms with Crippen LogP contribution >= 0.6 is 0 Å². The predicted octanol–water partition coefficient (Wildman–Crippen LogP) is 10.9. The first-order valence-corrected chi connectivity index (χ1v) is 34.2. The van der Waals surface area contributed by atoms with Gasteiger partial charge in [-0.2, -0.15) is 0 Å². The van der Waals surface area contributed by atoms with Crippen molar-refractivity contribution in [2.45, 2.75) is 216 Å². The minimum absolute atomic E-state index is 0.0180. The summed E-state index contributed by atoms with van der Waals surface area (Å²) in [5.41, 5.74) is 6.45. The first kappa shape index (κ1) is 71.2. The van der Waals surface area contributed by atoms with Gasteiger partial charge < -0.3 is 86.2 Å². The van der Waals surface area contributed by atoms with E-state index in [-0.39, 0.29) is 59.5 Å². The van der Waals surface area contributed by atoms with E-state index < -0.39 is 134 Å². The molecule has 98 heavy (non-hydrogen) atoms. The monoisotopic (exact) mass is 1340 g/mol. The van der Waals surface area contributed by atoms with Crippen molar-refractivity contribution in [3.05, 3.63) is 251 Å². The number of ether oxygens (including phenoxy) is 16. The van der Waals surface area contributed by atoms with Gasteiger partial charge in [-0.1, -0.05) is 212 Å². The van der Waals surface area contributed by atoms with Crippen molar-refractivity contribution >= 4 is 5.91 Å². The van der Waals surface area contributed by atoms with Gasteiger partial charge in [0.2, 0.25) is 5.91 Å². The SMILES string of the molecule is CC(=O)NC1[C@H](OC2[C@H](OC3[C@H](C)OC(C)[C@H](OCc4ccccc4)[C@H]3OCc3ccccc3)OC(C)[C@H](OCc3ccccc3)[C@@H]2O[C@H]2O[C@@H](COCc3ccccc3)[C@@H](OCc3ccccc3)C(OCc3ccccc3)C2OCc2ccccc2)OC2COC(C)(C)O[C@H]2[C@@H]1O. The van der Waals surface area contributed by atoms with E-state index in [0.717, 1.165) is 38.9 Å². The lowest BCUT2D eigenvalue weighted by Crippen LogP contribution is -2.71. The van der Waals surface area contributed by atoms with Crippen LogP contribution in [0.2, 0.25) is 0 Å². The molecule has 0 bridgehead atoms. The lowest BCUT2D eigenvalue weighted by atomic mass is 9.93. The standard InChI is InChI=1S/C79H93NO18/c1-51-66(84-43-56-30-16-8-17-31-56)71(87-46-59-36-22-11-23-37-59)68(53(3)91-51)95-78-75(97-76-64(80-54(4)81)65(82)69-63(93-76)50-90-79(5,6)98-69)73(67(52(2)92-78)85-44-57-32-18-9-19-33-57)96-77-74(89-48-61-40-26-13-27-41-61)72(88-47-60-38-24-12-25-39-60)70(86-45-58-34-20-10-21-35-58)62(94-77)49-83-42-55-28-14-7-15-29-55/h7-41,51-53,62-78,82H,42-50H2,1-6H3,(H,80,81)/t51?,52?,53-,62-,63?,64?,65+,66-,67-,68?,69+,70+,71+,72?,73-,74?,75?,76-,77+,78-/m0/s1. The average Bonchev–Trinajstić information content (AvgIpc) is 0.759. The Kier molecular flexibility index (Phi) is 25.1. The number of hydrogen-bond donors (Lipinski definition) is 2. The number of hydrogen-bond acceptors (Lipinski definition) is 18. The molecule has 5 fully saturated rings. The molecule has 5 saturated heterocycles. The van der Waals surface area contributed by atoms with E-state index in [4.69, 9.17) is 75.8 Å². The van der Waals surface area contributed by atoms with E-state index >= 15 is 0 Å². The number of fused-ring (bicyclic) bond motifs is 1. The molecule has 0 saturated carbocycles. The van der Waals surface area contributed by atoms with Crippen LogP contribution in [0.4, 0.5) is 0 Å². The smallest absolute Gasteiger partial charge is 0.217 e. The molecule has 0 spiro atoms. The first-order chi connectivity index (χ1) is 47.8. The van der Waals surface area contributed by atoms with Crippen molar-refractivity contribution in [3.63, 3.8) is 0 Å². The van der Waals surface area contributed by atoms with Crippen LogP contribution in [0.5, 0.6) is 0 Å². The zero-order chi connectivity index (χ0) is 67.8. The Hall–Kier alpha value is -6.67. The van der Waals surface area contributed by atoms with E-state index in [1.165, 1.54) is 6.92 Å². The highest BCUT2D eigenvalue weighted by molar-refractivity contribution is 5.73. The molecule has 12 rings (SSSR count). The molecule has 1 amide bonds. The van der Waals surface area contributed by atoms with Crippen LogP contribution in [0.25, 0.3) is 0 Å². The predicted molar refractivity (Wildman–Crippen MR) is 361 cm³/mol. The number of carbonyl (C=O) groups is 1. The van der Waals surface area contributed by atoms with Gasteiger partial charge >= 0.3 is 0 Å². The summed E-state index contributed by atoms with van der Waals surface area (Å²) in [6.07, 6.45) is -19.0. The number of aliphatic hydroxyl groups is 1. The van der Waals surface area contributed by atoms with Gasteiger partial charge in [0.05, 0.1) is 77.8 Å². The van der Waals surface area contributed by atoms with Crippen LogP contribution in [-0.4, -0.2) is 153 Å². The third-order valence-electron chi connectivity index (χ3n) is 18.4. The fourth-order valence-corrected chi connectivity index (χ4v) is 13.4. The van der Waals surface area contributed by atoms with Crippen LogP contribution < -0.4 is 5.32 Å². The largest absolute Gasteiger partial charge is 0.388 e. The maximum Gasteiger partial charge on any atom is 0.217 e. The van der Waals surface area contributed by atoms with Gasteiger partial charge in [-0.05, 0) is 73.6 Å². The Morgan fingerprint density at radius 1 is 0.418 bits per heavy atom. The molecule has 0 aliphatic carbocycles. The number of rotatable bonds is 29. The summed E-state index contributed by atoms with van der Waals surface area (Å²) in [7, 11) is 0. The molecular weight excluding hydrogens is 1250 g/mol. The van der Waals surface area contributed by atoms with Crippen LogP contribution in [-0.2, 0) is 127 Å². The highest BCUT2D eigenvalue weighted by atomic mass is 16.8. The van der Waals surface area contributed by atoms with E-state index in [9.17, 15) is 9.90 Å². The van der Waals surface area contributed by atoms with E-state index in [0.29, 0.717) is 0 Å². The van der Waals surface area contributed by atoms with Crippen LogP contribution in [0.1, 0.15) is 80.5 Å². The Bertz CT molecular complexity index is 3460. The zero-order valence-electron chi connectivity index (χ0n) is 56.5. The minimum Gasteiger partial charge on any atom is -0.388 e. The lowest BCUT2D eigenvalue weighted by molar-refractivity contribution is -0.412. The van der Waals surface area contributed by atoms with Gasteiger partial charge in [-0.25, -0.2) is 0 Å². The minimum atomic E-state index is -1.45. The molecule has 19 nitrogen and oxygen atoms in total. The quantitative estimate of drug-likeness (QED) is 0.0449. The summed E-state index contributed by atoms with van der Waals surface area (Å²) in [6, 6.07) is 68.0. The summed E-state index contributed by atoms with van der Waals surface area (Å²) < 4.78 is 113. The number of amides is 1. The molecule has 5 aliphatic heterocycles. The fourth-order valence-electron chi connectivity index (χ4n) is 13.4. The van der Waals surface area contributed by atoms with E-state index in [1.807, 2.05) is 233 Å². The van der Waals surface area contributed by atoms with Crippen molar-refractivity contribution in [2.24, 2.45) is 0 Å². The lowest BCUT2D eigenvalue weighted by Gasteiger charge is -2.53.